The standard InChI is InChI=1S/C19H31N3OS/c1-14(2)24-18-8-6-17(7-9-18)15(3)20-19(23)22-11-10-16(13-22)12-21(4)5/h6-9,14-16H,10-13H2,1-5H3,(H,20,23). The molecule has 1 N–H and O–H groups in total. The summed E-state index contributed by atoms with van der Waals surface area (Å²) in [5.74, 6) is 0.591. The topological polar surface area (TPSA) is 35.6 Å². The van der Waals surface area contributed by atoms with Gasteiger partial charge in [0.05, 0.1) is 6.04 Å². The Morgan fingerprint density at radius 3 is 2.54 bits per heavy atom. The number of urea groups is 1. The highest BCUT2D eigenvalue weighted by Crippen LogP contribution is 2.25. The van der Waals surface area contributed by atoms with Gasteiger partial charge in [-0.2, -0.15) is 0 Å². The molecule has 0 spiro atoms. The fourth-order valence-electron chi connectivity index (χ4n) is 3.15. The Kier molecular flexibility index (Phi) is 6.99. The van der Waals surface area contributed by atoms with Crippen LogP contribution in [0, 0.1) is 5.92 Å². The van der Waals surface area contributed by atoms with E-state index in [0.717, 1.165) is 31.6 Å². The molecule has 5 heteroatoms. The predicted molar refractivity (Wildman–Crippen MR) is 103 cm³/mol. The van der Waals surface area contributed by atoms with Crippen molar-refractivity contribution in [2.24, 2.45) is 5.92 Å². The minimum Gasteiger partial charge on any atom is -0.331 e. The summed E-state index contributed by atoms with van der Waals surface area (Å²) in [5, 5.41) is 3.72. The molecular formula is C19H31N3OS. The molecule has 134 valence electrons. The Bertz CT molecular complexity index is 530. The molecule has 0 aromatic heterocycles. The van der Waals surface area contributed by atoms with E-state index in [1.54, 1.807) is 0 Å². The SMILES string of the molecule is CC(C)Sc1ccc(C(C)NC(=O)N2CCC(CN(C)C)C2)cc1. The van der Waals surface area contributed by atoms with Crippen LogP contribution in [0.25, 0.3) is 0 Å². The molecule has 0 saturated carbocycles. The zero-order valence-corrected chi connectivity index (χ0v) is 16.4. The largest absolute Gasteiger partial charge is 0.331 e. The number of hydrogen-bond acceptors (Lipinski definition) is 3. The molecule has 1 heterocycles. The Morgan fingerprint density at radius 1 is 1.29 bits per heavy atom. The van der Waals surface area contributed by atoms with Gasteiger partial charge in [-0.1, -0.05) is 26.0 Å². The molecule has 1 aromatic carbocycles. The zero-order valence-electron chi connectivity index (χ0n) is 15.6. The van der Waals surface area contributed by atoms with Crippen molar-refractivity contribution in [1.29, 1.82) is 0 Å². The maximum atomic E-state index is 12.5. The van der Waals surface area contributed by atoms with E-state index in [0.29, 0.717) is 11.2 Å². The minimum absolute atomic E-state index is 0.0310. The lowest BCUT2D eigenvalue weighted by molar-refractivity contribution is 0.202. The summed E-state index contributed by atoms with van der Waals surface area (Å²) in [6.07, 6.45) is 1.10. The van der Waals surface area contributed by atoms with Gasteiger partial charge < -0.3 is 15.1 Å². The minimum atomic E-state index is 0.0310. The first-order valence-electron chi connectivity index (χ1n) is 8.82. The van der Waals surface area contributed by atoms with Crippen molar-refractivity contribution < 1.29 is 4.79 Å². The van der Waals surface area contributed by atoms with Gasteiger partial charge in [0, 0.05) is 29.8 Å². The number of nitrogens with zero attached hydrogens (tertiary/aromatic N) is 2. The van der Waals surface area contributed by atoms with Crippen molar-refractivity contribution >= 4 is 17.8 Å². The van der Waals surface area contributed by atoms with Gasteiger partial charge in [0.1, 0.15) is 0 Å². The van der Waals surface area contributed by atoms with Crippen LogP contribution in [0.2, 0.25) is 0 Å². The average Bonchev–Trinajstić information content (AvgIpc) is 2.95. The number of hydrogen-bond donors (Lipinski definition) is 1. The maximum Gasteiger partial charge on any atom is 0.317 e. The zero-order chi connectivity index (χ0) is 17.7. The van der Waals surface area contributed by atoms with Crippen LogP contribution in [-0.4, -0.2) is 54.8 Å². The number of nitrogens with one attached hydrogen (secondary N) is 1. The van der Waals surface area contributed by atoms with E-state index in [-0.39, 0.29) is 12.1 Å². The highest BCUT2D eigenvalue weighted by molar-refractivity contribution is 7.99. The molecule has 2 atom stereocenters. The summed E-state index contributed by atoms with van der Waals surface area (Å²) < 4.78 is 0. The van der Waals surface area contributed by atoms with Crippen molar-refractivity contribution in [1.82, 2.24) is 15.1 Å². The number of carbonyl (C=O) groups is 1. The molecule has 2 rings (SSSR count). The summed E-state index contributed by atoms with van der Waals surface area (Å²) in [6, 6.07) is 8.62. The van der Waals surface area contributed by atoms with Gasteiger partial charge in [-0.25, -0.2) is 4.79 Å². The van der Waals surface area contributed by atoms with E-state index in [1.807, 2.05) is 16.7 Å². The Morgan fingerprint density at radius 2 is 1.96 bits per heavy atom. The van der Waals surface area contributed by atoms with Gasteiger partial charge in [-0.05, 0) is 51.1 Å². The smallest absolute Gasteiger partial charge is 0.317 e. The molecule has 1 aromatic rings. The van der Waals surface area contributed by atoms with Crippen LogP contribution in [0.3, 0.4) is 0 Å². The second-order valence-corrected chi connectivity index (χ2v) is 8.92. The molecule has 0 aliphatic carbocycles. The van der Waals surface area contributed by atoms with Crippen LogP contribution < -0.4 is 5.32 Å². The van der Waals surface area contributed by atoms with Crippen molar-refractivity contribution in [2.45, 2.75) is 43.4 Å². The van der Waals surface area contributed by atoms with Crippen LogP contribution in [0.1, 0.15) is 38.8 Å². The third kappa shape index (κ3) is 5.71. The third-order valence-electron chi connectivity index (χ3n) is 4.29. The van der Waals surface area contributed by atoms with Crippen molar-refractivity contribution in [3.8, 4) is 0 Å². The molecule has 24 heavy (non-hydrogen) atoms. The van der Waals surface area contributed by atoms with E-state index in [1.165, 1.54) is 4.90 Å². The van der Waals surface area contributed by atoms with E-state index >= 15 is 0 Å². The molecule has 1 aliphatic heterocycles. The van der Waals surface area contributed by atoms with Gasteiger partial charge in [0.2, 0.25) is 0 Å². The first-order chi connectivity index (χ1) is 11.3. The molecule has 4 nitrogen and oxygen atoms in total. The Hall–Kier alpha value is -1.20. The molecule has 1 aliphatic rings. The number of benzene rings is 1. The lowest BCUT2D eigenvalue weighted by Gasteiger charge is -2.22. The normalized spacial score (nSPS) is 19.1. The van der Waals surface area contributed by atoms with Crippen LogP contribution >= 0.6 is 11.8 Å². The molecule has 2 amide bonds. The average molecular weight is 350 g/mol. The lowest BCUT2D eigenvalue weighted by atomic mass is 10.1. The predicted octanol–water partition coefficient (Wildman–Crippen LogP) is 3.84. The first kappa shape index (κ1) is 19.1. The molecule has 0 bridgehead atoms. The van der Waals surface area contributed by atoms with E-state index in [4.69, 9.17) is 0 Å². The molecule has 1 fully saturated rings. The molecule has 2 unspecified atom stereocenters. The number of likely N-dealkylation sites (tertiary alicyclic amines) is 1. The summed E-state index contributed by atoms with van der Waals surface area (Å²) in [7, 11) is 4.18. The maximum absolute atomic E-state index is 12.5. The van der Waals surface area contributed by atoms with Gasteiger partial charge in [-0.3, -0.25) is 0 Å². The van der Waals surface area contributed by atoms with Gasteiger partial charge in [0.15, 0.2) is 0 Å². The van der Waals surface area contributed by atoms with Crippen LogP contribution in [0.4, 0.5) is 4.79 Å². The highest BCUT2D eigenvalue weighted by atomic mass is 32.2. The third-order valence-corrected chi connectivity index (χ3v) is 5.30. The van der Waals surface area contributed by atoms with Gasteiger partial charge in [-0.15, -0.1) is 11.8 Å². The van der Waals surface area contributed by atoms with Crippen LogP contribution in [0.5, 0.6) is 0 Å². The van der Waals surface area contributed by atoms with Crippen LogP contribution in [0.15, 0.2) is 29.2 Å². The number of carbonyl (C=O) groups excluding carboxylic acids is 1. The van der Waals surface area contributed by atoms with E-state index in [2.05, 4.69) is 69.3 Å². The molecular weight excluding hydrogens is 318 g/mol. The number of rotatable bonds is 6. The lowest BCUT2D eigenvalue weighted by Crippen LogP contribution is -2.40. The number of amides is 2. The monoisotopic (exact) mass is 349 g/mol. The van der Waals surface area contributed by atoms with Crippen LogP contribution in [-0.2, 0) is 0 Å². The summed E-state index contributed by atoms with van der Waals surface area (Å²) in [5.41, 5.74) is 1.15. The van der Waals surface area contributed by atoms with E-state index < -0.39 is 0 Å². The Balaban J connectivity index is 1.85. The van der Waals surface area contributed by atoms with Gasteiger partial charge in [0.25, 0.3) is 0 Å². The fraction of sp³-hybridized carbons (Fsp3) is 0.632. The number of thioether (sulfide) groups is 1. The summed E-state index contributed by atoms with van der Waals surface area (Å²) in [6.45, 7) is 9.22. The van der Waals surface area contributed by atoms with Crippen molar-refractivity contribution in [2.75, 3.05) is 33.7 Å². The highest BCUT2D eigenvalue weighted by Gasteiger charge is 2.27. The first-order valence-corrected chi connectivity index (χ1v) is 9.70. The summed E-state index contributed by atoms with van der Waals surface area (Å²) in [4.78, 5) is 17.9. The quantitative estimate of drug-likeness (QED) is 0.793. The van der Waals surface area contributed by atoms with E-state index in [9.17, 15) is 4.79 Å². The summed E-state index contributed by atoms with van der Waals surface area (Å²) >= 11 is 1.86. The molecule has 1 saturated heterocycles. The molecule has 0 radical (unpaired) electrons. The van der Waals surface area contributed by atoms with Crippen molar-refractivity contribution in [3.05, 3.63) is 29.8 Å². The second kappa shape index (κ2) is 8.77. The Labute approximate surface area is 151 Å². The second-order valence-electron chi connectivity index (χ2n) is 7.27. The van der Waals surface area contributed by atoms with Gasteiger partial charge >= 0.3 is 6.03 Å². The van der Waals surface area contributed by atoms with Crippen molar-refractivity contribution in [3.63, 3.8) is 0 Å². The fourth-order valence-corrected chi connectivity index (χ4v) is 3.99.